The van der Waals surface area contributed by atoms with Crippen LogP contribution in [0.25, 0.3) is 0 Å². The third-order valence-corrected chi connectivity index (χ3v) is 5.05. The molecule has 1 aromatic heterocycles. The van der Waals surface area contributed by atoms with Crippen LogP contribution in [0.5, 0.6) is 0 Å². The predicted molar refractivity (Wildman–Crippen MR) is 80.1 cm³/mol. The maximum Gasteiger partial charge on any atom is 0.118 e. The summed E-state index contributed by atoms with van der Waals surface area (Å²) in [6.45, 7) is 0.739. The molecule has 1 heterocycles. The Kier molecular flexibility index (Phi) is 4.24. The van der Waals surface area contributed by atoms with E-state index in [1.54, 1.807) is 12.1 Å². The van der Waals surface area contributed by atoms with Crippen LogP contribution in [0.2, 0.25) is 5.02 Å². The van der Waals surface area contributed by atoms with Gasteiger partial charge in [0.05, 0.1) is 33.0 Å². The van der Waals surface area contributed by atoms with E-state index in [1.807, 2.05) is 24.3 Å². The van der Waals surface area contributed by atoms with Crippen LogP contribution < -0.4 is 5.32 Å². The van der Waals surface area contributed by atoms with Crippen LogP contribution in [-0.4, -0.2) is 10.3 Å². The van der Waals surface area contributed by atoms with Gasteiger partial charge in [0.25, 0.3) is 0 Å². The molecule has 0 amide bonds. The summed E-state index contributed by atoms with van der Waals surface area (Å²) >= 11 is 6.05. The number of rotatable bonds is 6. The van der Waals surface area contributed by atoms with Crippen molar-refractivity contribution in [3.63, 3.8) is 0 Å². The van der Waals surface area contributed by atoms with Gasteiger partial charge in [-0.15, -0.1) is 0 Å². The molecule has 1 saturated carbocycles. The molecule has 1 atom stereocenters. The second kappa shape index (κ2) is 6.12. The zero-order chi connectivity index (χ0) is 13.9. The normalized spacial score (nSPS) is 16.2. The largest absolute Gasteiger partial charge is 0.464 e. The summed E-state index contributed by atoms with van der Waals surface area (Å²) in [6.07, 6.45) is 2.51. The second-order valence-corrected chi connectivity index (χ2v) is 6.77. The smallest absolute Gasteiger partial charge is 0.118 e. The number of nitrogens with one attached hydrogen (secondary N) is 1. The fourth-order valence-electron chi connectivity index (χ4n) is 1.96. The molecule has 0 saturated heterocycles. The molecule has 20 heavy (non-hydrogen) atoms. The van der Waals surface area contributed by atoms with E-state index in [4.69, 9.17) is 16.0 Å². The molecule has 5 heteroatoms. The molecule has 3 nitrogen and oxygen atoms in total. The molecule has 106 valence electrons. The van der Waals surface area contributed by atoms with Crippen LogP contribution in [0.1, 0.15) is 24.4 Å². The summed E-state index contributed by atoms with van der Waals surface area (Å²) in [4.78, 5) is 0.656. The Morgan fingerprint density at radius 3 is 2.70 bits per heavy atom. The number of furan rings is 1. The van der Waals surface area contributed by atoms with E-state index in [0.717, 1.165) is 18.1 Å². The van der Waals surface area contributed by atoms with Crippen LogP contribution in [0.4, 0.5) is 0 Å². The first-order valence-electron chi connectivity index (χ1n) is 6.66. The molecule has 1 unspecified atom stereocenters. The lowest BCUT2D eigenvalue weighted by molar-refractivity contribution is 0.457. The van der Waals surface area contributed by atoms with E-state index < -0.39 is 10.8 Å². The van der Waals surface area contributed by atoms with Crippen LogP contribution in [0, 0.1) is 0 Å². The summed E-state index contributed by atoms with van der Waals surface area (Å²) in [5.41, 5.74) is 0. The second-order valence-electron chi connectivity index (χ2n) is 4.94. The molecule has 1 fully saturated rings. The van der Waals surface area contributed by atoms with Crippen molar-refractivity contribution in [2.45, 2.75) is 36.1 Å². The summed E-state index contributed by atoms with van der Waals surface area (Å²) in [5, 5.41) is 3.92. The van der Waals surface area contributed by atoms with Crippen LogP contribution >= 0.6 is 11.6 Å². The third-order valence-electron chi connectivity index (χ3n) is 3.21. The van der Waals surface area contributed by atoms with Gasteiger partial charge in [-0.1, -0.05) is 23.7 Å². The fraction of sp³-hybridized carbons (Fsp3) is 0.333. The summed E-state index contributed by atoms with van der Waals surface area (Å²) in [6, 6.07) is 11.7. The van der Waals surface area contributed by atoms with Gasteiger partial charge in [-0.3, -0.25) is 4.21 Å². The van der Waals surface area contributed by atoms with Crippen molar-refractivity contribution in [3.05, 3.63) is 52.9 Å². The lowest BCUT2D eigenvalue weighted by atomic mass is 10.4. The highest BCUT2D eigenvalue weighted by Crippen LogP contribution is 2.23. The average Bonchev–Trinajstić information content (AvgIpc) is 3.17. The number of hydrogen-bond acceptors (Lipinski definition) is 3. The first-order valence-corrected chi connectivity index (χ1v) is 8.36. The fourth-order valence-corrected chi connectivity index (χ4v) is 3.44. The average molecular weight is 310 g/mol. The molecule has 1 aromatic carbocycles. The van der Waals surface area contributed by atoms with Gasteiger partial charge in [-0.2, -0.15) is 0 Å². The van der Waals surface area contributed by atoms with Crippen molar-refractivity contribution in [3.8, 4) is 0 Å². The van der Waals surface area contributed by atoms with Crippen LogP contribution in [0.3, 0.4) is 0 Å². The molecule has 3 rings (SSSR count). The van der Waals surface area contributed by atoms with E-state index in [2.05, 4.69) is 5.32 Å². The van der Waals surface area contributed by atoms with Gasteiger partial charge < -0.3 is 9.73 Å². The van der Waals surface area contributed by atoms with Crippen molar-refractivity contribution in [2.75, 3.05) is 0 Å². The SMILES string of the molecule is O=S(Cc1ccc(CNC2CC2)o1)c1ccccc1Cl. The number of benzene rings is 1. The molecule has 1 N–H and O–H groups in total. The maximum absolute atomic E-state index is 12.3. The first kappa shape index (κ1) is 13.9. The topological polar surface area (TPSA) is 42.2 Å². The quantitative estimate of drug-likeness (QED) is 0.888. The Hall–Kier alpha value is -1.10. The lowest BCUT2D eigenvalue weighted by Crippen LogP contribution is -2.14. The number of halogens is 1. The Labute approximate surface area is 125 Å². The van der Waals surface area contributed by atoms with Crippen molar-refractivity contribution >= 4 is 22.4 Å². The standard InChI is InChI=1S/C15H16ClNO2S/c16-14-3-1-2-4-15(14)20(18)10-13-8-7-12(19-13)9-17-11-5-6-11/h1-4,7-8,11,17H,5-6,9-10H2. The van der Waals surface area contributed by atoms with Crippen molar-refractivity contribution in [1.29, 1.82) is 0 Å². The highest BCUT2D eigenvalue weighted by Gasteiger charge is 2.20. The van der Waals surface area contributed by atoms with Crippen molar-refractivity contribution in [2.24, 2.45) is 0 Å². The Bertz CT molecular complexity index is 622. The van der Waals surface area contributed by atoms with E-state index in [9.17, 15) is 4.21 Å². The van der Waals surface area contributed by atoms with Gasteiger partial charge in [0.2, 0.25) is 0 Å². The van der Waals surface area contributed by atoms with Gasteiger partial charge in [0, 0.05) is 6.04 Å². The van der Waals surface area contributed by atoms with Gasteiger partial charge in [-0.05, 0) is 37.1 Å². The molecule has 0 spiro atoms. The van der Waals surface area contributed by atoms with Gasteiger partial charge in [0.15, 0.2) is 0 Å². The third kappa shape index (κ3) is 3.51. The summed E-state index contributed by atoms with van der Waals surface area (Å²) < 4.78 is 18.0. The van der Waals surface area contributed by atoms with E-state index in [1.165, 1.54) is 12.8 Å². The van der Waals surface area contributed by atoms with Gasteiger partial charge in [0.1, 0.15) is 11.5 Å². The Morgan fingerprint density at radius 1 is 1.20 bits per heavy atom. The molecular formula is C15H16ClNO2S. The van der Waals surface area contributed by atoms with Crippen LogP contribution in [-0.2, 0) is 23.1 Å². The van der Waals surface area contributed by atoms with Gasteiger partial charge >= 0.3 is 0 Å². The minimum absolute atomic E-state index is 0.354. The molecule has 0 aliphatic heterocycles. The van der Waals surface area contributed by atoms with Gasteiger partial charge in [-0.25, -0.2) is 0 Å². The first-order chi connectivity index (χ1) is 9.72. The Morgan fingerprint density at radius 2 is 1.95 bits per heavy atom. The van der Waals surface area contributed by atoms with E-state index in [0.29, 0.717) is 21.7 Å². The molecule has 0 radical (unpaired) electrons. The summed E-state index contributed by atoms with van der Waals surface area (Å²) in [7, 11) is -1.18. The zero-order valence-corrected chi connectivity index (χ0v) is 12.5. The van der Waals surface area contributed by atoms with E-state index in [-0.39, 0.29) is 0 Å². The molecule has 0 bridgehead atoms. The molecular weight excluding hydrogens is 294 g/mol. The van der Waals surface area contributed by atoms with Crippen molar-refractivity contribution < 1.29 is 8.63 Å². The summed E-state index contributed by atoms with van der Waals surface area (Å²) in [5.74, 6) is 1.98. The predicted octanol–water partition coefficient (Wildman–Crippen LogP) is 3.49. The number of hydrogen-bond donors (Lipinski definition) is 1. The van der Waals surface area contributed by atoms with E-state index >= 15 is 0 Å². The highest BCUT2D eigenvalue weighted by atomic mass is 35.5. The minimum Gasteiger partial charge on any atom is -0.464 e. The minimum atomic E-state index is -1.18. The zero-order valence-electron chi connectivity index (χ0n) is 11.0. The monoisotopic (exact) mass is 309 g/mol. The van der Waals surface area contributed by atoms with Crippen LogP contribution in [0.15, 0.2) is 45.7 Å². The Balaban J connectivity index is 1.62. The molecule has 1 aliphatic rings. The van der Waals surface area contributed by atoms with Crippen molar-refractivity contribution in [1.82, 2.24) is 5.32 Å². The lowest BCUT2D eigenvalue weighted by Gasteiger charge is -2.03. The molecule has 1 aliphatic carbocycles. The highest BCUT2D eigenvalue weighted by molar-refractivity contribution is 7.84. The maximum atomic E-state index is 12.3. The molecule has 2 aromatic rings.